The van der Waals surface area contributed by atoms with Crippen LogP contribution >= 0.6 is 15.9 Å². The van der Waals surface area contributed by atoms with Crippen LogP contribution in [-0.2, 0) is 6.42 Å². The summed E-state index contributed by atoms with van der Waals surface area (Å²) in [6, 6.07) is 0. The summed E-state index contributed by atoms with van der Waals surface area (Å²) in [7, 11) is 0. The van der Waals surface area contributed by atoms with E-state index in [0.717, 1.165) is 29.1 Å². The molecule has 0 fully saturated rings. The minimum Gasteiger partial charge on any atom is -0.369 e. The number of aryl methyl sites for hydroxylation is 1. The standard InChI is InChI=1S/C12H17BrN6O/c1-3-5-14-11-10(13)12(17-7-16-11)15-6-4-9-18-8(2)19-20-9/h7H,3-6H2,1-2H3,(H2,14,15,16,17). The van der Waals surface area contributed by atoms with Crippen molar-refractivity contribution >= 4 is 27.6 Å². The van der Waals surface area contributed by atoms with Gasteiger partial charge in [-0.15, -0.1) is 0 Å². The van der Waals surface area contributed by atoms with Crippen molar-refractivity contribution in [1.29, 1.82) is 0 Å². The van der Waals surface area contributed by atoms with Crippen LogP contribution in [0.15, 0.2) is 15.3 Å². The lowest BCUT2D eigenvalue weighted by Gasteiger charge is -2.10. The molecule has 0 aliphatic rings. The fourth-order valence-electron chi connectivity index (χ4n) is 1.59. The molecular formula is C12H17BrN6O. The van der Waals surface area contributed by atoms with Gasteiger partial charge in [0.05, 0.1) is 0 Å². The molecule has 2 heterocycles. The van der Waals surface area contributed by atoms with Crippen LogP contribution in [0.4, 0.5) is 11.6 Å². The Morgan fingerprint density at radius 1 is 1.20 bits per heavy atom. The average Bonchev–Trinajstić information content (AvgIpc) is 2.85. The fraction of sp³-hybridized carbons (Fsp3) is 0.500. The number of nitrogens with zero attached hydrogens (tertiary/aromatic N) is 4. The molecule has 0 saturated heterocycles. The second kappa shape index (κ2) is 7.18. The summed E-state index contributed by atoms with van der Waals surface area (Å²) in [5.74, 6) is 2.80. The smallest absolute Gasteiger partial charge is 0.228 e. The first-order valence-electron chi connectivity index (χ1n) is 6.48. The van der Waals surface area contributed by atoms with E-state index in [2.05, 4.69) is 53.6 Å². The Kier molecular flexibility index (Phi) is 5.28. The molecule has 2 aromatic heterocycles. The molecule has 7 nitrogen and oxygen atoms in total. The highest BCUT2D eigenvalue weighted by Crippen LogP contribution is 2.26. The molecule has 0 spiro atoms. The van der Waals surface area contributed by atoms with Crippen LogP contribution in [0.5, 0.6) is 0 Å². The lowest BCUT2D eigenvalue weighted by atomic mass is 10.4. The van der Waals surface area contributed by atoms with Crippen LogP contribution in [0.1, 0.15) is 25.1 Å². The molecule has 108 valence electrons. The van der Waals surface area contributed by atoms with Crippen LogP contribution in [0.25, 0.3) is 0 Å². The van der Waals surface area contributed by atoms with Gasteiger partial charge in [0, 0.05) is 19.5 Å². The highest BCUT2D eigenvalue weighted by atomic mass is 79.9. The number of nitrogens with one attached hydrogen (secondary N) is 2. The predicted molar refractivity (Wildman–Crippen MR) is 79.7 cm³/mol. The first-order chi connectivity index (χ1) is 9.70. The maximum Gasteiger partial charge on any atom is 0.228 e. The lowest BCUT2D eigenvalue weighted by molar-refractivity contribution is 0.377. The molecule has 0 unspecified atom stereocenters. The molecule has 2 aromatic rings. The van der Waals surface area contributed by atoms with Crippen LogP contribution < -0.4 is 10.6 Å². The third-order valence-corrected chi connectivity index (χ3v) is 3.28. The molecule has 0 amide bonds. The Balaban J connectivity index is 1.92. The van der Waals surface area contributed by atoms with Crippen molar-refractivity contribution in [3.63, 3.8) is 0 Å². The molecular weight excluding hydrogens is 324 g/mol. The number of anilines is 2. The van der Waals surface area contributed by atoms with Gasteiger partial charge in [0.15, 0.2) is 5.82 Å². The van der Waals surface area contributed by atoms with Crippen molar-refractivity contribution in [2.75, 3.05) is 23.7 Å². The van der Waals surface area contributed by atoms with Gasteiger partial charge in [-0.2, -0.15) is 4.98 Å². The van der Waals surface area contributed by atoms with Gasteiger partial charge < -0.3 is 15.2 Å². The van der Waals surface area contributed by atoms with E-state index in [9.17, 15) is 0 Å². The van der Waals surface area contributed by atoms with Crippen molar-refractivity contribution in [1.82, 2.24) is 20.1 Å². The van der Waals surface area contributed by atoms with Crippen molar-refractivity contribution < 1.29 is 4.52 Å². The lowest BCUT2D eigenvalue weighted by Crippen LogP contribution is -2.10. The number of halogens is 1. The zero-order valence-corrected chi connectivity index (χ0v) is 13.1. The van der Waals surface area contributed by atoms with Crippen molar-refractivity contribution in [3.8, 4) is 0 Å². The topological polar surface area (TPSA) is 88.8 Å². The van der Waals surface area contributed by atoms with E-state index >= 15 is 0 Å². The van der Waals surface area contributed by atoms with Crippen LogP contribution in [0.3, 0.4) is 0 Å². The molecule has 0 aliphatic carbocycles. The van der Waals surface area contributed by atoms with E-state index in [1.165, 1.54) is 6.33 Å². The van der Waals surface area contributed by atoms with Gasteiger partial charge in [0.25, 0.3) is 0 Å². The highest BCUT2D eigenvalue weighted by molar-refractivity contribution is 9.10. The molecule has 0 aromatic carbocycles. The van der Waals surface area contributed by atoms with E-state index in [1.807, 2.05) is 0 Å². The third-order valence-electron chi connectivity index (χ3n) is 2.53. The van der Waals surface area contributed by atoms with Crippen LogP contribution in [-0.4, -0.2) is 33.2 Å². The number of hydrogen-bond acceptors (Lipinski definition) is 7. The van der Waals surface area contributed by atoms with Gasteiger partial charge in [-0.3, -0.25) is 0 Å². The monoisotopic (exact) mass is 340 g/mol. The SMILES string of the molecule is CCCNc1ncnc(NCCc2nc(C)no2)c1Br. The largest absolute Gasteiger partial charge is 0.369 e. The number of hydrogen-bond donors (Lipinski definition) is 2. The summed E-state index contributed by atoms with van der Waals surface area (Å²) < 4.78 is 5.88. The molecule has 0 saturated carbocycles. The van der Waals surface area contributed by atoms with Gasteiger partial charge in [-0.25, -0.2) is 9.97 Å². The molecule has 0 aliphatic heterocycles. The Morgan fingerprint density at radius 2 is 1.90 bits per heavy atom. The first kappa shape index (κ1) is 14.7. The minimum absolute atomic E-state index is 0.615. The quantitative estimate of drug-likeness (QED) is 0.799. The Hall–Kier alpha value is -1.70. The zero-order valence-electron chi connectivity index (χ0n) is 11.5. The fourth-order valence-corrected chi connectivity index (χ4v) is 2.07. The van der Waals surface area contributed by atoms with Crippen LogP contribution in [0.2, 0.25) is 0 Å². The summed E-state index contributed by atoms with van der Waals surface area (Å²) in [4.78, 5) is 12.6. The third kappa shape index (κ3) is 3.89. The second-order valence-corrected chi connectivity index (χ2v) is 5.02. The molecule has 0 radical (unpaired) electrons. The highest BCUT2D eigenvalue weighted by Gasteiger charge is 2.08. The second-order valence-electron chi connectivity index (χ2n) is 4.22. The molecule has 20 heavy (non-hydrogen) atoms. The summed E-state index contributed by atoms with van der Waals surface area (Å²) in [6.07, 6.45) is 3.21. The normalized spacial score (nSPS) is 10.6. The maximum absolute atomic E-state index is 5.05. The average molecular weight is 341 g/mol. The molecule has 8 heteroatoms. The van der Waals surface area contributed by atoms with E-state index in [-0.39, 0.29) is 0 Å². The van der Waals surface area contributed by atoms with Gasteiger partial charge in [-0.05, 0) is 29.3 Å². The van der Waals surface area contributed by atoms with Crippen molar-refractivity contribution in [2.24, 2.45) is 0 Å². The van der Waals surface area contributed by atoms with E-state index < -0.39 is 0 Å². The van der Waals surface area contributed by atoms with Gasteiger partial charge in [0.1, 0.15) is 22.4 Å². The maximum atomic E-state index is 5.05. The Morgan fingerprint density at radius 3 is 2.50 bits per heavy atom. The van der Waals surface area contributed by atoms with Crippen LogP contribution in [0, 0.1) is 6.92 Å². The predicted octanol–water partition coefficient (Wildman–Crippen LogP) is 2.41. The van der Waals surface area contributed by atoms with E-state index in [0.29, 0.717) is 24.7 Å². The number of rotatable bonds is 7. The van der Waals surface area contributed by atoms with E-state index in [1.54, 1.807) is 6.92 Å². The van der Waals surface area contributed by atoms with Crippen molar-refractivity contribution in [3.05, 3.63) is 22.5 Å². The van der Waals surface area contributed by atoms with E-state index in [4.69, 9.17) is 4.52 Å². The molecule has 2 rings (SSSR count). The van der Waals surface area contributed by atoms with Gasteiger partial charge in [-0.1, -0.05) is 12.1 Å². The summed E-state index contributed by atoms with van der Waals surface area (Å²) in [6.45, 7) is 5.43. The van der Waals surface area contributed by atoms with Gasteiger partial charge >= 0.3 is 0 Å². The zero-order chi connectivity index (χ0) is 14.4. The minimum atomic E-state index is 0.615. The summed E-state index contributed by atoms with van der Waals surface area (Å²) in [5, 5.41) is 10.2. The van der Waals surface area contributed by atoms with Crippen molar-refractivity contribution in [2.45, 2.75) is 26.7 Å². The van der Waals surface area contributed by atoms with Gasteiger partial charge in [0.2, 0.25) is 5.89 Å². The summed E-state index contributed by atoms with van der Waals surface area (Å²) >= 11 is 3.50. The molecule has 0 bridgehead atoms. The first-order valence-corrected chi connectivity index (χ1v) is 7.27. The Bertz CT molecular complexity index is 559. The molecule has 2 N–H and O–H groups in total. The number of aromatic nitrogens is 4. The summed E-state index contributed by atoms with van der Waals surface area (Å²) in [5.41, 5.74) is 0. The Labute approximate surface area is 125 Å². The molecule has 0 atom stereocenters.